The van der Waals surface area contributed by atoms with E-state index < -0.39 is 17.6 Å². The fourth-order valence-electron chi connectivity index (χ4n) is 0.751. The van der Waals surface area contributed by atoms with E-state index in [1.807, 2.05) is 18.2 Å². The SMILES string of the molecule is O=[C]=[W]=[C]=O.[CH2-]C=CC1C=CC=C1. The Morgan fingerprint density at radius 3 is 2.08 bits per heavy atom. The molecule has 2 nitrogen and oxygen atoms in total. The third-order valence-electron chi connectivity index (χ3n) is 1.22. The van der Waals surface area contributed by atoms with Gasteiger partial charge in [0.25, 0.3) is 0 Å². The fraction of sp³-hybridized carbons (Fsp3) is 0.100. The summed E-state index contributed by atoms with van der Waals surface area (Å²) >= 11 is -1.37. The van der Waals surface area contributed by atoms with Crippen molar-refractivity contribution >= 4 is 8.53 Å². The van der Waals surface area contributed by atoms with Gasteiger partial charge < -0.3 is 0 Å². The van der Waals surface area contributed by atoms with E-state index in [1.54, 1.807) is 0 Å². The van der Waals surface area contributed by atoms with Gasteiger partial charge in [0.1, 0.15) is 0 Å². The summed E-state index contributed by atoms with van der Waals surface area (Å²) in [6.45, 7) is 3.60. The van der Waals surface area contributed by atoms with Gasteiger partial charge in [-0.2, -0.15) is 0 Å². The van der Waals surface area contributed by atoms with Gasteiger partial charge in [0.2, 0.25) is 0 Å². The van der Waals surface area contributed by atoms with E-state index in [2.05, 4.69) is 25.2 Å². The Labute approximate surface area is 85.2 Å². The van der Waals surface area contributed by atoms with E-state index in [-0.39, 0.29) is 0 Å². The van der Waals surface area contributed by atoms with E-state index in [9.17, 15) is 0 Å². The van der Waals surface area contributed by atoms with E-state index in [1.165, 1.54) is 8.53 Å². The second kappa shape index (κ2) is 9.03. The van der Waals surface area contributed by atoms with Crippen LogP contribution in [-0.2, 0) is 27.2 Å². The van der Waals surface area contributed by atoms with Gasteiger partial charge in [-0.25, -0.2) is 19.1 Å². The van der Waals surface area contributed by atoms with E-state index in [0.717, 1.165) is 0 Å². The molecule has 0 aromatic rings. The predicted molar refractivity (Wildman–Crippen MR) is 47.7 cm³/mol. The maximum Gasteiger partial charge on any atom is -0.0520 e. The summed E-state index contributed by atoms with van der Waals surface area (Å²) < 4.78 is 3.02. The number of allylic oxidation sites excluding steroid dienone is 6. The second-order valence-corrected chi connectivity index (χ2v) is 3.97. The molecule has 0 fully saturated rings. The average molecular weight is 345 g/mol. The quantitative estimate of drug-likeness (QED) is 0.672. The van der Waals surface area contributed by atoms with Crippen molar-refractivity contribution < 1.29 is 27.2 Å². The molecular formula is C10H9O2W-. The van der Waals surface area contributed by atoms with Crippen molar-refractivity contribution in [1.29, 1.82) is 0 Å². The van der Waals surface area contributed by atoms with Gasteiger partial charge in [-0.05, 0) is 0 Å². The summed E-state index contributed by atoms with van der Waals surface area (Å²) in [6.07, 6.45) is 12.2. The van der Waals surface area contributed by atoms with Gasteiger partial charge in [-0.3, -0.25) is 0 Å². The molecule has 0 saturated heterocycles. The van der Waals surface area contributed by atoms with Crippen LogP contribution in [0, 0.1) is 12.8 Å². The number of carbonyl (C=O) groups excluding carboxylic acids is 2. The topological polar surface area (TPSA) is 34.1 Å². The Bertz CT molecular complexity index is 299. The first kappa shape index (κ1) is 11.9. The molecule has 0 aliphatic heterocycles. The molecule has 3 heteroatoms. The van der Waals surface area contributed by atoms with Crippen molar-refractivity contribution in [2.24, 2.45) is 5.92 Å². The Morgan fingerprint density at radius 2 is 1.77 bits per heavy atom. The number of hydrogen-bond donors (Lipinski definition) is 0. The molecular weight excluding hydrogens is 336 g/mol. The minimum Gasteiger partial charge on any atom is -0.245 e. The molecule has 0 atom stereocenters. The minimum atomic E-state index is -1.37. The first-order chi connectivity index (χ1) is 6.35. The molecule has 0 saturated carbocycles. The largest absolute Gasteiger partial charge is 0.245 e. The zero-order chi connectivity index (χ0) is 9.94. The van der Waals surface area contributed by atoms with Gasteiger partial charge in [0, 0.05) is 0 Å². The summed E-state index contributed by atoms with van der Waals surface area (Å²) in [5, 5.41) is 0. The molecule has 1 rings (SSSR count). The van der Waals surface area contributed by atoms with Crippen molar-refractivity contribution in [3.8, 4) is 0 Å². The standard InChI is InChI=1S/C8H9.2CO.W/c1-2-5-8-6-3-4-7-8;2*1-2;/h2-8H,1H2;;;/q-1;;;. The van der Waals surface area contributed by atoms with Crippen molar-refractivity contribution in [1.82, 2.24) is 0 Å². The zero-order valence-electron chi connectivity index (χ0n) is 6.97. The third-order valence-corrected chi connectivity index (χ3v) is 1.82. The molecule has 0 unspecified atom stereocenters. The van der Waals surface area contributed by atoms with Crippen LogP contribution in [0.1, 0.15) is 0 Å². The summed E-state index contributed by atoms with van der Waals surface area (Å²) in [5.41, 5.74) is 0. The molecule has 0 aromatic carbocycles. The maximum atomic E-state index is 9.09. The van der Waals surface area contributed by atoms with Crippen LogP contribution >= 0.6 is 0 Å². The van der Waals surface area contributed by atoms with Crippen LogP contribution in [0.2, 0.25) is 0 Å². The summed E-state index contributed by atoms with van der Waals surface area (Å²) in [7, 11) is 0. The number of hydrogen-bond acceptors (Lipinski definition) is 2. The minimum absolute atomic E-state index is 0.507. The van der Waals surface area contributed by atoms with Crippen LogP contribution in [0.4, 0.5) is 0 Å². The molecule has 0 bridgehead atoms. The van der Waals surface area contributed by atoms with Crippen molar-refractivity contribution in [2.75, 3.05) is 0 Å². The van der Waals surface area contributed by atoms with Gasteiger partial charge in [0.05, 0.1) is 0 Å². The fourth-order valence-corrected chi connectivity index (χ4v) is 0.874. The number of rotatable bonds is 1. The Balaban J connectivity index is 0.000000252. The van der Waals surface area contributed by atoms with Gasteiger partial charge in [0.15, 0.2) is 0 Å². The smallest absolute Gasteiger partial charge is 0.0520 e. The van der Waals surface area contributed by atoms with Crippen LogP contribution < -0.4 is 0 Å². The van der Waals surface area contributed by atoms with Gasteiger partial charge in [-0.1, -0.05) is 30.2 Å². The first-order valence-corrected chi connectivity index (χ1v) is 6.49. The predicted octanol–water partition coefficient (Wildman–Crippen LogP) is 1.32. The van der Waals surface area contributed by atoms with E-state index in [4.69, 9.17) is 9.59 Å². The summed E-state index contributed by atoms with van der Waals surface area (Å²) in [4.78, 5) is 18.2. The molecule has 1 aliphatic carbocycles. The van der Waals surface area contributed by atoms with Crippen molar-refractivity contribution in [3.05, 3.63) is 43.4 Å². The molecule has 0 heterocycles. The summed E-state index contributed by atoms with van der Waals surface area (Å²) in [6, 6.07) is 0. The Hall–Kier alpha value is -1.06. The molecule has 0 aromatic heterocycles. The van der Waals surface area contributed by atoms with Gasteiger partial charge in [-0.15, -0.1) is 0 Å². The van der Waals surface area contributed by atoms with Crippen LogP contribution in [-0.4, -0.2) is 8.53 Å². The van der Waals surface area contributed by atoms with Crippen LogP contribution in [0.25, 0.3) is 0 Å². The van der Waals surface area contributed by atoms with Crippen molar-refractivity contribution in [3.63, 3.8) is 0 Å². The van der Waals surface area contributed by atoms with E-state index >= 15 is 0 Å². The van der Waals surface area contributed by atoms with Crippen LogP contribution in [0.3, 0.4) is 0 Å². The molecule has 0 N–H and O–H groups in total. The monoisotopic (exact) mass is 345 g/mol. The Morgan fingerprint density at radius 1 is 1.23 bits per heavy atom. The van der Waals surface area contributed by atoms with Gasteiger partial charge >= 0.3 is 35.8 Å². The Kier molecular flexibility index (Phi) is 8.29. The molecule has 0 radical (unpaired) electrons. The molecule has 1 aliphatic rings. The first-order valence-electron chi connectivity index (χ1n) is 3.56. The zero-order valence-corrected chi connectivity index (χ0v) is 9.91. The summed E-state index contributed by atoms with van der Waals surface area (Å²) in [5.74, 6) is 0.507. The van der Waals surface area contributed by atoms with Crippen LogP contribution in [0.5, 0.6) is 0 Å². The second-order valence-electron chi connectivity index (χ2n) is 2.04. The average Bonchev–Trinajstić information content (AvgIpc) is 2.60. The maximum absolute atomic E-state index is 9.09. The van der Waals surface area contributed by atoms with Crippen LogP contribution in [0.15, 0.2) is 36.5 Å². The molecule has 68 valence electrons. The van der Waals surface area contributed by atoms with Crippen molar-refractivity contribution in [2.45, 2.75) is 0 Å². The molecule has 13 heavy (non-hydrogen) atoms. The molecule has 0 amide bonds. The normalized spacial score (nSPS) is 13.2. The molecule has 0 spiro atoms. The van der Waals surface area contributed by atoms with E-state index in [0.29, 0.717) is 5.92 Å². The third kappa shape index (κ3) is 7.30.